The topological polar surface area (TPSA) is 76.1 Å². The van der Waals surface area contributed by atoms with Gasteiger partial charge >= 0.3 is 0 Å². The summed E-state index contributed by atoms with van der Waals surface area (Å²) in [7, 11) is 1.58. The maximum Gasteiger partial charge on any atom is 0.274 e. The Bertz CT molecular complexity index is 686. The number of hydrogen-bond donors (Lipinski definition) is 2. The van der Waals surface area contributed by atoms with E-state index in [1.165, 1.54) is 0 Å². The zero-order valence-corrected chi connectivity index (χ0v) is 12.6. The highest BCUT2D eigenvalue weighted by molar-refractivity contribution is 6.03. The van der Waals surface area contributed by atoms with Gasteiger partial charge in [0.15, 0.2) is 0 Å². The number of anilines is 2. The summed E-state index contributed by atoms with van der Waals surface area (Å²) in [5, 5.41) is 5.76. The predicted octanol–water partition coefficient (Wildman–Crippen LogP) is 2.64. The van der Waals surface area contributed by atoms with Gasteiger partial charge in [-0.25, -0.2) is 9.97 Å². The zero-order chi connectivity index (χ0) is 15.9. The van der Waals surface area contributed by atoms with Gasteiger partial charge in [0.2, 0.25) is 5.95 Å². The van der Waals surface area contributed by atoms with Crippen LogP contribution in [-0.4, -0.2) is 29.5 Å². The van der Waals surface area contributed by atoms with Crippen molar-refractivity contribution in [2.45, 2.75) is 6.92 Å². The van der Waals surface area contributed by atoms with Crippen molar-refractivity contribution in [3.8, 4) is 5.75 Å². The number of benzene rings is 1. The third-order valence-corrected chi connectivity index (χ3v) is 2.82. The molecule has 2 N–H and O–H groups in total. The summed E-state index contributed by atoms with van der Waals surface area (Å²) in [5.41, 5.74) is 1.64. The van der Waals surface area contributed by atoms with Gasteiger partial charge in [0, 0.05) is 24.0 Å². The van der Waals surface area contributed by atoms with Gasteiger partial charge in [-0.3, -0.25) is 4.79 Å². The lowest BCUT2D eigenvalue weighted by molar-refractivity contribution is 0.102. The molecule has 0 saturated heterocycles. The molecule has 6 nitrogen and oxygen atoms in total. The minimum atomic E-state index is -0.305. The number of hydrogen-bond acceptors (Lipinski definition) is 5. The molecular weight excluding hydrogens is 280 g/mol. The first-order valence-corrected chi connectivity index (χ1v) is 6.78. The van der Waals surface area contributed by atoms with Gasteiger partial charge in [0.05, 0.1) is 7.11 Å². The van der Waals surface area contributed by atoms with Gasteiger partial charge in [-0.2, -0.15) is 0 Å². The molecule has 22 heavy (non-hydrogen) atoms. The van der Waals surface area contributed by atoms with Crippen LogP contribution in [0.4, 0.5) is 11.6 Å². The number of amides is 1. The molecule has 0 spiro atoms. The number of rotatable bonds is 6. The minimum Gasteiger partial charge on any atom is -0.497 e. The van der Waals surface area contributed by atoms with E-state index in [2.05, 4.69) is 27.2 Å². The van der Waals surface area contributed by atoms with E-state index >= 15 is 0 Å². The SMILES string of the molecule is C=CCNc1nc(C)cc(C(=O)Nc2cccc(OC)c2)n1. The molecule has 1 amide bonds. The first-order chi connectivity index (χ1) is 10.6. The molecule has 1 aromatic heterocycles. The van der Waals surface area contributed by atoms with E-state index in [-0.39, 0.29) is 5.91 Å². The van der Waals surface area contributed by atoms with E-state index in [0.717, 1.165) is 0 Å². The van der Waals surface area contributed by atoms with Gasteiger partial charge in [0.1, 0.15) is 11.4 Å². The molecule has 0 aliphatic carbocycles. The van der Waals surface area contributed by atoms with Crippen molar-refractivity contribution in [1.29, 1.82) is 0 Å². The number of nitrogens with zero attached hydrogens (tertiary/aromatic N) is 2. The molecule has 0 radical (unpaired) electrons. The summed E-state index contributed by atoms with van der Waals surface area (Å²) >= 11 is 0. The van der Waals surface area contributed by atoms with E-state index in [0.29, 0.717) is 35.3 Å². The maximum atomic E-state index is 12.3. The van der Waals surface area contributed by atoms with Crippen molar-refractivity contribution in [2.75, 3.05) is 24.3 Å². The largest absolute Gasteiger partial charge is 0.497 e. The number of carbonyl (C=O) groups excluding carboxylic acids is 1. The Kier molecular flexibility index (Phi) is 5.08. The molecule has 2 aromatic rings. The molecule has 0 aliphatic rings. The number of methoxy groups -OCH3 is 1. The van der Waals surface area contributed by atoms with Crippen LogP contribution >= 0.6 is 0 Å². The quantitative estimate of drug-likeness (QED) is 0.802. The average Bonchev–Trinajstić information content (AvgIpc) is 2.52. The Morgan fingerprint density at radius 3 is 2.91 bits per heavy atom. The summed E-state index contributed by atoms with van der Waals surface area (Å²) < 4.78 is 5.13. The lowest BCUT2D eigenvalue weighted by Gasteiger charge is -2.08. The van der Waals surface area contributed by atoms with Crippen LogP contribution in [0.1, 0.15) is 16.2 Å². The number of ether oxygens (including phenoxy) is 1. The molecule has 0 bridgehead atoms. The smallest absolute Gasteiger partial charge is 0.274 e. The molecule has 0 aliphatic heterocycles. The lowest BCUT2D eigenvalue weighted by Crippen LogP contribution is -2.16. The van der Waals surface area contributed by atoms with Crippen LogP contribution in [0.15, 0.2) is 43.0 Å². The Labute approximate surface area is 129 Å². The van der Waals surface area contributed by atoms with Crippen LogP contribution < -0.4 is 15.4 Å². The fraction of sp³-hybridized carbons (Fsp3) is 0.188. The highest BCUT2D eigenvalue weighted by Gasteiger charge is 2.11. The second-order valence-corrected chi connectivity index (χ2v) is 4.57. The van der Waals surface area contributed by atoms with Crippen molar-refractivity contribution in [1.82, 2.24) is 9.97 Å². The van der Waals surface area contributed by atoms with Crippen LogP contribution in [0.25, 0.3) is 0 Å². The van der Waals surface area contributed by atoms with Crippen LogP contribution in [0, 0.1) is 6.92 Å². The molecule has 1 aromatic carbocycles. The molecule has 2 rings (SSSR count). The van der Waals surface area contributed by atoms with Gasteiger partial charge in [0.25, 0.3) is 5.91 Å². The molecule has 114 valence electrons. The van der Waals surface area contributed by atoms with E-state index in [1.807, 2.05) is 13.0 Å². The van der Waals surface area contributed by atoms with Crippen LogP contribution in [0.5, 0.6) is 5.75 Å². The summed E-state index contributed by atoms with van der Waals surface area (Å²) in [6.45, 7) is 5.96. The summed E-state index contributed by atoms with van der Waals surface area (Å²) in [6.07, 6.45) is 1.70. The van der Waals surface area contributed by atoms with E-state index in [1.54, 1.807) is 37.5 Å². The van der Waals surface area contributed by atoms with Crippen molar-refractivity contribution in [3.05, 3.63) is 54.4 Å². The predicted molar refractivity (Wildman–Crippen MR) is 86.4 cm³/mol. The van der Waals surface area contributed by atoms with Crippen molar-refractivity contribution >= 4 is 17.5 Å². The van der Waals surface area contributed by atoms with E-state index < -0.39 is 0 Å². The van der Waals surface area contributed by atoms with Gasteiger partial charge < -0.3 is 15.4 Å². The molecule has 0 fully saturated rings. The number of carbonyl (C=O) groups is 1. The maximum absolute atomic E-state index is 12.3. The second kappa shape index (κ2) is 7.21. The van der Waals surface area contributed by atoms with Crippen LogP contribution in [0.2, 0.25) is 0 Å². The van der Waals surface area contributed by atoms with Crippen molar-refractivity contribution in [2.24, 2.45) is 0 Å². The monoisotopic (exact) mass is 298 g/mol. The molecule has 0 atom stereocenters. The zero-order valence-electron chi connectivity index (χ0n) is 12.6. The fourth-order valence-corrected chi connectivity index (χ4v) is 1.82. The van der Waals surface area contributed by atoms with Crippen molar-refractivity contribution < 1.29 is 9.53 Å². The van der Waals surface area contributed by atoms with Gasteiger partial charge in [-0.1, -0.05) is 12.1 Å². The Morgan fingerprint density at radius 1 is 1.36 bits per heavy atom. The lowest BCUT2D eigenvalue weighted by atomic mass is 10.2. The molecular formula is C16H18N4O2. The highest BCUT2D eigenvalue weighted by Crippen LogP contribution is 2.17. The molecule has 0 unspecified atom stereocenters. The Hall–Kier alpha value is -2.89. The number of nitrogens with one attached hydrogen (secondary N) is 2. The summed E-state index contributed by atoms with van der Waals surface area (Å²) in [5.74, 6) is 0.765. The highest BCUT2D eigenvalue weighted by atomic mass is 16.5. The molecule has 0 saturated carbocycles. The summed E-state index contributed by atoms with van der Waals surface area (Å²) in [4.78, 5) is 20.7. The normalized spacial score (nSPS) is 9.91. The van der Waals surface area contributed by atoms with Crippen molar-refractivity contribution in [3.63, 3.8) is 0 Å². The van der Waals surface area contributed by atoms with Gasteiger partial charge in [-0.05, 0) is 25.1 Å². The van der Waals surface area contributed by atoms with Gasteiger partial charge in [-0.15, -0.1) is 6.58 Å². The third kappa shape index (κ3) is 4.05. The minimum absolute atomic E-state index is 0.293. The van der Waals surface area contributed by atoms with E-state index in [9.17, 15) is 4.79 Å². The summed E-state index contributed by atoms with van der Waals surface area (Å²) in [6, 6.07) is 8.77. The third-order valence-electron chi connectivity index (χ3n) is 2.82. The first-order valence-electron chi connectivity index (χ1n) is 6.78. The second-order valence-electron chi connectivity index (χ2n) is 4.57. The first kappa shape index (κ1) is 15.5. The average molecular weight is 298 g/mol. The number of aryl methyl sites for hydroxylation is 1. The fourth-order valence-electron chi connectivity index (χ4n) is 1.82. The Morgan fingerprint density at radius 2 is 2.18 bits per heavy atom. The molecule has 6 heteroatoms. The number of aromatic nitrogens is 2. The molecule has 1 heterocycles. The van der Waals surface area contributed by atoms with Crippen LogP contribution in [0.3, 0.4) is 0 Å². The standard InChI is InChI=1S/C16H18N4O2/c1-4-8-17-16-18-11(2)9-14(20-16)15(21)19-12-6-5-7-13(10-12)22-3/h4-7,9-10H,1,8H2,2-3H3,(H,19,21)(H,17,18,20). The van der Waals surface area contributed by atoms with Crippen LogP contribution in [-0.2, 0) is 0 Å². The Balaban J connectivity index is 2.17. The van der Waals surface area contributed by atoms with E-state index in [4.69, 9.17) is 4.74 Å².